The first kappa shape index (κ1) is 16.1. The maximum Gasteiger partial charge on any atom is 0.163 e. The van der Waals surface area contributed by atoms with Gasteiger partial charge in [0.1, 0.15) is 5.82 Å². The van der Waals surface area contributed by atoms with Crippen molar-refractivity contribution in [1.29, 1.82) is 0 Å². The lowest BCUT2D eigenvalue weighted by atomic mass is 10.2. The second kappa shape index (κ2) is 7.25. The number of nitrogens with zero attached hydrogens (tertiary/aromatic N) is 4. The molecule has 0 saturated carbocycles. The summed E-state index contributed by atoms with van der Waals surface area (Å²) >= 11 is 1.73. The van der Waals surface area contributed by atoms with Gasteiger partial charge in [-0.25, -0.2) is 15.0 Å². The molecule has 3 aromatic rings. The van der Waals surface area contributed by atoms with Crippen LogP contribution in [0.4, 0.5) is 5.82 Å². The molecule has 3 aromatic heterocycles. The Bertz CT molecular complexity index is 861. The van der Waals surface area contributed by atoms with Crippen LogP contribution in [0.1, 0.15) is 35.3 Å². The van der Waals surface area contributed by atoms with E-state index in [-0.39, 0.29) is 0 Å². The van der Waals surface area contributed by atoms with Crippen molar-refractivity contribution in [3.05, 3.63) is 51.9 Å². The number of nitrogens with one attached hydrogen (secondary N) is 2. The van der Waals surface area contributed by atoms with Crippen LogP contribution in [0.25, 0.3) is 11.4 Å². The molecule has 6 nitrogen and oxygen atoms in total. The zero-order chi connectivity index (χ0) is 17.1. The summed E-state index contributed by atoms with van der Waals surface area (Å²) in [6, 6.07) is 3.89. The standard InChI is InChI=1S/C18H20N6S/c1-2-4-16-22-13(11-25-16)8-21-18-14-9-20-10-15(14)23-17(24-18)12-5-3-6-19-7-12/h3,5-7,11,20H,2,4,8-10H2,1H3,(H,21,23,24). The summed E-state index contributed by atoms with van der Waals surface area (Å²) in [5.74, 6) is 1.60. The fourth-order valence-corrected chi connectivity index (χ4v) is 3.77. The van der Waals surface area contributed by atoms with Gasteiger partial charge in [-0.3, -0.25) is 4.98 Å². The van der Waals surface area contributed by atoms with Crippen molar-refractivity contribution in [2.75, 3.05) is 5.32 Å². The van der Waals surface area contributed by atoms with Gasteiger partial charge in [0.2, 0.25) is 0 Å². The fourth-order valence-electron chi connectivity index (χ4n) is 2.87. The minimum atomic E-state index is 0.677. The topological polar surface area (TPSA) is 75.6 Å². The van der Waals surface area contributed by atoms with Gasteiger partial charge in [0.15, 0.2) is 5.82 Å². The van der Waals surface area contributed by atoms with Crippen LogP contribution in [0.2, 0.25) is 0 Å². The molecule has 0 spiro atoms. The highest BCUT2D eigenvalue weighted by molar-refractivity contribution is 7.09. The van der Waals surface area contributed by atoms with Crippen molar-refractivity contribution in [3.8, 4) is 11.4 Å². The summed E-state index contributed by atoms with van der Waals surface area (Å²) in [5, 5.41) is 10.1. The normalized spacial score (nSPS) is 13.0. The van der Waals surface area contributed by atoms with E-state index in [1.54, 1.807) is 23.7 Å². The third-order valence-corrected chi connectivity index (χ3v) is 5.06. The highest BCUT2D eigenvalue weighted by Gasteiger charge is 2.19. The molecule has 0 aliphatic carbocycles. The Morgan fingerprint density at radius 2 is 2.20 bits per heavy atom. The van der Waals surface area contributed by atoms with Gasteiger partial charge in [-0.15, -0.1) is 11.3 Å². The Hall–Kier alpha value is -2.38. The van der Waals surface area contributed by atoms with E-state index in [4.69, 9.17) is 9.97 Å². The van der Waals surface area contributed by atoms with Crippen LogP contribution in [-0.2, 0) is 26.1 Å². The lowest BCUT2D eigenvalue weighted by Crippen LogP contribution is -2.08. The SMILES string of the molecule is CCCc1nc(CNc2nc(-c3cccnc3)nc3c2CNC3)cs1. The van der Waals surface area contributed by atoms with E-state index in [0.29, 0.717) is 12.4 Å². The first-order chi connectivity index (χ1) is 12.3. The Labute approximate surface area is 150 Å². The molecule has 4 heterocycles. The number of thiazole rings is 1. The molecule has 0 fully saturated rings. The molecule has 0 unspecified atom stereocenters. The van der Waals surface area contributed by atoms with E-state index in [9.17, 15) is 0 Å². The van der Waals surface area contributed by atoms with E-state index in [1.165, 1.54) is 5.01 Å². The van der Waals surface area contributed by atoms with Gasteiger partial charge in [-0.05, 0) is 25.0 Å². The van der Waals surface area contributed by atoms with Crippen LogP contribution in [0.5, 0.6) is 0 Å². The number of aromatic nitrogens is 4. The minimum Gasteiger partial charge on any atom is -0.364 e. The van der Waals surface area contributed by atoms with Crippen LogP contribution < -0.4 is 10.6 Å². The quantitative estimate of drug-likeness (QED) is 0.710. The zero-order valence-corrected chi connectivity index (χ0v) is 14.9. The lowest BCUT2D eigenvalue weighted by molar-refractivity contribution is 0.758. The Morgan fingerprint density at radius 1 is 1.24 bits per heavy atom. The summed E-state index contributed by atoms with van der Waals surface area (Å²) in [6.07, 6.45) is 5.72. The van der Waals surface area contributed by atoms with Crippen LogP contribution in [0.15, 0.2) is 29.9 Å². The van der Waals surface area contributed by atoms with Crippen molar-refractivity contribution in [1.82, 2.24) is 25.3 Å². The summed E-state index contributed by atoms with van der Waals surface area (Å²) in [5.41, 5.74) is 4.20. The van der Waals surface area contributed by atoms with Crippen molar-refractivity contribution < 1.29 is 0 Å². The molecule has 0 aromatic carbocycles. The van der Waals surface area contributed by atoms with Gasteiger partial charge in [-0.1, -0.05) is 6.92 Å². The largest absolute Gasteiger partial charge is 0.364 e. The maximum absolute atomic E-state index is 4.75. The van der Waals surface area contributed by atoms with Gasteiger partial charge < -0.3 is 10.6 Å². The second-order valence-corrected chi connectivity index (χ2v) is 6.95. The van der Waals surface area contributed by atoms with Gasteiger partial charge >= 0.3 is 0 Å². The molecule has 7 heteroatoms. The number of hydrogen-bond donors (Lipinski definition) is 2. The minimum absolute atomic E-state index is 0.677. The van der Waals surface area contributed by atoms with E-state index < -0.39 is 0 Å². The number of hydrogen-bond acceptors (Lipinski definition) is 7. The van der Waals surface area contributed by atoms with Crippen molar-refractivity contribution in [3.63, 3.8) is 0 Å². The number of fused-ring (bicyclic) bond motifs is 1. The number of rotatable bonds is 6. The molecule has 0 atom stereocenters. The molecule has 128 valence electrons. The smallest absolute Gasteiger partial charge is 0.163 e. The fraction of sp³-hybridized carbons (Fsp3) is 0.333. The average molecular weight is 352 g/mol. The molecule has 1 aliphatic rings. The molecule has 0 saturated heterocycles. The summed E-state index contributed by atoms with van der Waals surface area (Å²) in [7, 11) is 0. The predicted molar refractivity (Wildman–Crippen MR) is 99.2 cm³/mol. The van der Waals surface area contributed by atoms with Crippen molar-refractivity contribution in [2.45, 2.75) is 39.4 Å². The summed E-state index contributed by atoms with van der Waals surface area (Å²) < 4.78 is 0. The molecule has 4 rings (SSSR count). The van der Waals surface area contributed by atoms with E-state index >= 15 is 0 Å². The van der Waals surface area contributed by atoms with Crippen molar-refractivity contribution in [2.24, 2.45) is 0 Å². The summed E-state index contributed by atoms with van der Waals surface area (Å²) in [6.45, 7) is 4.42. The lowest BCUT2D eigenvalue weighted by Gasteiger charge is -2.11. The third-order valence-electron chi connectivity index (χ3n) is 4.11. The average Bonchev–Trinajstić information content (AvgIpc) is 3.30. The first-order valence-electron chi connectivity index (χ1n) is 8.51. The van der Waals surface area contributed by atoms with Gasteiger partial charge in [0.05, 0.1) is 22.9 Å². The molecule has 0 amide bonds. The Kier molecular flexibility index (Phi) is 4.67. The van der Waals surface area contributed by atoms with Gasteiger partial charge in [-0.2, -0.15) is 0 Å². The third kappa shape index (κ3) is 3.52. The highest BCUT2D eigenvalue weighted by Crippen LogP contribution is 2.25. The van der Waals surface area contributed by atoms with Crippen LogP contribution in [0, 0.1) is 0 Å². The first-order valence-corrected chi connectivity index (χ1v) is 9.39. The maximum atomic E-state index is 4.75. The van der Waals surface area contributed by atoms with Crippen LogP contribution >= 0.6 is 11.3 Å². The monoisotopic (exact) mass is 352 g/mol. The molecule has 2 N–H and O–H groups in total. The molecule has 0 radical (unpaired) electrons. The molecule has 1 aliphatic heterocycles. The molecular formula is C18H20N6S. The predicted octanol–water partition coefficient (Wildman–Crippen LogP) is 3.16. The van der Waals surface area contributed by atoms with E-state index in [0.717, 1.165) is 54.3 Å². The van der Waals surface area contributed by atoms with Gasteiger partial charge in [0.25, 0.3) is 0 Å². The summed E-state index contributed by atoms with van der Waals surface area (Å²) in [4.78, 5) is 18.3. The number of pyridine rings is 1. The highest BCUT2D eigenvalue weighted by atomic mass is 32.1. The number of anilines is 1. The molecule has 0 bridgehead atoms. The number of aryl methyl sites for hydroxylation is 1. The van der Waals surface area contributed by atoms with Crippen molar-refractivity contribution >= 4 is 17.2 Å². The van der Waals surface area contributed by atoms with Gasteiger partial charge in [0, 0.05) is 42.0 Å². The van der Waals surface area contributed by atoms with Crippen LogP contribution in [0.3, 0.4) is 0 Å². The van der Waals surface area contributed by atoms with E-state index in [1.807, 2.05) is 12.1 Å². The molecule has 25 heavy (non-hydrogen) atoms. The zero-order valence-electron chi connectivity index (χ0n) is 14.1. The van der Waals surface area contributed by atoms with E-state index in [2.05, 4.69) is 32.9 Å². The Balaban J connectivity index is 1.59. The molecular weight excluding hydrogens is 332 g/mol. The van der Waals surface area contributed by atoms with Crippen LogP contribution in [-0.4, -0.2) is 19.9 Å². The second-order valence-electron chi connectivity index (χ2n) is 6.00. The Morgan fingerprint density at radius 3 is 3.04 bits per heavy atom.